The summed E-state index contributed by atoms with van der Waals surface area (Å²) in [6.45, 7) is 5.67. The van der Waals surface area contributed by atoms with Crippen LogP contribution in [0.4, 0.5) is 10.1 Å². The Kier molecular flexibility index (Phi) is 3.61. The lowest BCUT2D eigenvalue weighted by molar-refractivity contribution is 0.101. The first-order chi connectivity index (χ1) is 7.06. The smallest absolute Gasteiger partial charge is 0.161 e. The summed E-state index contributed by atoms with van der Waals surface area (Å²) >= 11 is 0. The Morgan fingerprint density at radius 2 is 2.27 bits per heavy atom. The highest BCUT2D eigenvalue weighted by Gasteiger charge is 2.11. The molecule has 0 aliphatic rings. The predicted molar refractivity (Wildman–Crippen MR) is 59.9 cm³/mol. The average Bonchev–Trinajstić information content (AvgIpc) is 2.17. The zero-order chi connectivity index (χ0) is 11.4. The second-order valence-electron chi connectivity index (χ2n) is 3.39. The van der Waals surface area contributed by atoms with Crippen LogP contribution in [0.5, 0.6) is 0 Å². The van der Waals surface area contributed by atoms with Crippen molar-refractivity contribution in [2.45, 2.75) is 6.92 Å². The van der Waals surface area contributed by atoms with E-state index in [0.717, 1.165) is 5.69 Å². The van der Waals surface area contributed by atoms with E-state index >= 15 is 0 Å². The zero-order valence-electron chi connectivity index (χ0n) is 8.96. The van der Waals surface area contributed by atoms with E-state index in [-0.39, 0.29) is 5.78 Å². The molecule has 15 heavy (non-hydrogen) atoms. The lowest BCUT2D eigenvalue weighted by atomic mass is 10.1. The number of benzene rings is 1. The largest absolute Gasteiger partial charge is 0.370 e. The lowest BCUT2D eigenvalue weighted by Gasteiger charge is -2.19. The SMILES string of the molecule is C=CCN(C)c1ccc(F)cc1C(C)=O. The molecule has 0 atom stereocenters. The molecule has 0 N–H and O–H groups in total. The molecule has 3 heteroatoms. The lowest BCUT2D eigenvalue weighted by Crippen LogP contribution is -2.19. The quantitative estimate of drug-likeness (QED) is 0.558. The number of ketones is 1. The molecule has 1 aromatic carbocycles. The Labute approximate surface area is 89.0 Å². The van der Waals surface area contributed by atoms with Gasteiger partial charge in [0.1, 0.15) is 5.82 Å². The van der Waals surface area contributed by atoms with Gasteiger partial charge in [0.25, 0.3) is 0 Å². The maximum atomic E-state index is 13.0. The van der Waals surface area contributed by atoms with Crippen molar-refractivity contribution < 1.29 is 9.18 Å². The molecule has 0 radical (unpaired) electrons. The fraction of sp³-hybridized carbons (Fsp3) is 0.250. The maximum absolute atomic E-state index is 13.0. The first-order valence-electron chi connectivity index (χ1n) is 4.68. The van der Waals surface area contributed by atoms with Crippen molar-refractivity contribution in [2.24, 2.45) is 0 Å². The summed E-state index contributed by atoms with van der Waals surface area (Å²) in [7, 11) is 1.83. The van der Waals surface area contributed by atoms with Gasteiger partial charge in [-0.15, -0.1) is 6.58 Å². The molecule has 0 aliphatic heterocycles. The van der Waals surface area contributed by atoms with Crippen LogP contribution in [0, 0.1) is 5.82 Å². The summed E-state index contributed by atoms with van der Waals surface area (Å²) in [5, 5.41) is 0. The summed E-state index contributed by atoms with van der Waals surface area (Å²) in [6, 6.07) is 4.22. The molecular weight excluding hydrogens is 193 g/mol. The topological polar surface area (TPSA) is 20.3 Å². The average molecular weight is 207 g/mol. The minimum absolute atomic E-state index is 0.139. The molecule has 0 aliphatic carbocycles. The second-order valence-corrected chi connectivity index (χ2v) is 3.39. The molecule has 0 heterocycles. The number of Topliss-reactive ketones (excluding diaryl/α,β-unsaturated/α-hetero) is 1. The van der Waals surface area contributed by atoms with Gasteiger partial charge in [0.2, 0.25) is 0 Å². The van der Waals surface area contributed by atoms with Crippen LogP contribution < -0.4 is 4.90 Å². The van der Waals surface area contributed by atoms with Crippen molar-refractivity contribution in [2.75, 3.05) is 18.5 Å². The van der Waals surface area contributed by atoms with Crippen LogP contribution in [0.3, 0.4) is 0 Å². The Balaban J connectivity index is 3.16. The number of hydrogen-bond acceptors (Lipinski definition) is 2. The standard InChI is InChI=1S/C12H14FNO/c1-4-7-14(3)12-6-5-10(13)8-11(12)9(2)15/h4-6,8H,1,7H2,2-3H3. The Morgan fingerprint density at radius 3 is 2.80 bits per heavy atom. The minimum atomic E-state index is -0.393. The molecule has 0 saturated carbocycles. The summed E-state index contributed by atoms with van der Waals surface area (Å²) in [5.41, 5.74) is 1.13. The molecule has 1 rings (SSSR count). The molecule has 80 valence electrons. The van der Waals surface area contributed by atoms with Crippen LogP contribution in [-0.4, -0.2) is 19.4 Å². The molecule has 0 amide bonds. The fourth-order valence-electron chi connectivity index (χ4n) is 1.42. The van der Waals surface area contributed by atoms with Crippen molar-refractivity contribution in [3.63, 3.8) is 0 Å². The van der Waals surface area contributed by atoms with E-state index in [0.29, 0.717) is 12.1 Å². The van der Waals surface area contributed by atoms with Gasteiger partial charge in [-0.3, -0.25) is 4.79 Å². The van der Waals surface area contributed by atoms with Gasteiger partial charge < -0.3 is 4.90 Å². The molecule has 0 bridgehead atoms. The molecular formula is C12H14FNO. The Hall–Kier alpha value is -1.64. The molecule has 2 nitrogen and oxygen atoms in total. The number of hydrogen-bond donors (Lipinski definition) is 0. The maximum Gasteiger partial charge on any atom is 0.161 e. The highest BCUT2D eigenvalue weighted by Crippen LogP contribution is 2.21. The molecule has 0 saturated heterocycles. The molecule has 0 unspecified atom stereocenters. The minimum Gasteiger partial charge on any atom is -0.370 e. The van der Waals surface area contributed by atoms with Gasteiger partial charge in [-0.25, -0.2) is 4.39 Å². The first kappa shape index (κ1) is 11.4. The molecule has 0 aromatic heterocycles. The third kappa shape index (κ3) is 2.65. The number of likely N-dealkylation sites (N-methyl/N-ethyl adjacent to an activating group) is 1. The third-order valence-corrected chi connectivity index (χ3v) is 2.15. The number of halogens is 1. The number of rotatable bonds is 4. The number of carbonyl (C=O) groups is 1. The van der Waals surface area contributed by atoms with Gasteiger partial charge in [-0.1, -0.05) is 6.08 Å². The van der Waals surface area contributed by atoms with Crippen LogP contribution in [0.2, 0.25) is 0 Å². The zero-order valence-corrected chi connectivity index (χ0v) is 8.96. The van der Waals surface area contributed by atoms with Gasteiger partial charge in [-0.2, -0.15) is 0 Å². The van der Waals surface area contributed by atoms with E-state index in [1.54, 1.807) is 12.1 Å². The van der Waals surface area contributed by atoms with Crippen molar-refractivity contribution >= 4 is 11.5 Å². The summed E-state index contributed by atoms with van der Waals surface area (Å²) in [6.07, 6.45) is 1.73. The first-order valence-corrected chi connectivity index (χ1v) is 4.68. The highest BCUT2D eigenvalue weighted by molar-refractivity contribution is 5.99. The van der Waals surface area contributed by atoms with E-state index < -0.39 is 5.82 Å². The van der Waals surface area contributed by atoms with Gasteiger partial charge in [0.15, 0.2) is 5.78 Å². The Bertz CT molecular complexity index is 387. The number of anilines is 1. The van der Waals surface area contributed by atoms with Gasteiger partial charge >= 0.3 is 0 Å². The van der Waals surface area contributed by atoms with Crippen molar-refractivity contribution in [3.8, 4) is 0 Å². The van der Waals surface area contributed by atoms with Crippen LogP contribution in [0.25, 0.3) is 0 Å². The van der Waals surface area contributed by atoms with Gasteiger partial charge in [0, 0.05) is 24.8 Å². The van der Waals surface area contributed by atoms with Crippen LogP contribution in [0.15, 0.2) is 30.9 Å². The van der Waals surface area contributed by atoms with E-state index in [2.05, 4.69) is 6.58 Å². The van der Waals surface area contributed by atoms with E-state index in [1.165, 1.54) is 19.1 Å². The third-order valence-electron chi connectivity index (χ3n) is 2.15. The van der Waals surface area contributed by atoms with Crippen molar-refractivity contribution in [3.05, 3.63) is 42.2 Å². The fourth-order valence-corrected chi connectivity index (χ4v) is 1.42. The highest BCUT2D eigenvalue weighted by atomic mass is 19.1. The Morgan fingerprint density at radius 1 is 1.60 bits per heavy atom. The second kappa shape index (κ2) is 4.73. The monoisotopic (exact) mass is 207 g/mol. The van der Waals surface area contributed by atoms with E-state index in [9.17, 15) is 9.18 Å². The van der Waals surface area contributed by atoms with Gasteiger partial charge in [0.05, 0.1) is 0 Å². The summed E-state index contributed by atoms with van der Waals surface area (Å²) in [5.74, 6) is -0.531. The molecule has 0 spiro atoms. The summed E-state index contributed by atoms with van der Waals surface area (Å²) < 4.78 is 13.0. The predicted octanol–water partition coefficient (Wildman–Crippen LogP) is 2.65. The molecule has 0 fully saturated rings. The van der Waals surface area contributed by atoms with Crippen LogP contribution >= 0.6 is 0 Å². The van der Waals surface area contributed by atoms with Crippen LogP contribution in [0.1, 0.15) is 17.3 Å². The molecule has 1 aromatic rings. The normalized spacial score (nSPS) is 9.80. The van der Waals surface area contributed by atoms with E-state index in [1.807, 2.05) is 11.9 Å². The van der Waals surface area contributed by atoms with Crippen molar-refractivity contribution in [1.82, 2.24) is 0 Å². The number of carbonyl (C=O) groups excluding carboxylic acids is 1. The van der Waals surface area contributed by atoms with Crippen LogP contribution in [-0.2, 0) is 0 Å². The van der Waals surface area contributed by atoms with Gasteiger partial charge in [-0.05, 0) is 25.1 Å². The van der Waals surface area contributed by atoms with E-state index in [4.69, 9.17) is 0 Å². The summed E-state index contributed by atoms with van der Waals surface area (Å²) in [4.78, 5) is 13.2. The van der Waals surface area contributed by atoms with Crippen molar-refractivity contribution in [1.29, 1.82) is 0 Å². The number of nitrogens with zero attached hydrogens (tertiary/aromatic N) is 1.